The molecule has 0 saturated heterocycles. The molecule has 0 bridgehead atoms. The van der Waals surface area contributed by atoms with Crippen molar-refractivity contribution in [3.63, 3.8) is 0 Å². The first-order chi connectivity index (χ1) is 8.13. The number of aromatic nitrogens is 3. The maximum Gasteiger partial charge on any atom is 0.338 e. The van der Waals surface area contributed by atoms with E-state index < -0.39 is 17.3 Å². The second-order valence-electron chi connectivity index (χ2n) is 3.43. The lowest BCUT2D eigenvalue weighted by Crippen LogP contribution is -2.07. The SMILES string of the molecule is COCCn1nnc2cc(F)c(C(=O)O)cc21. The number of hydrogen-bond acceptors (Lipinski definition) is 4. The molecule has 6 nitrogen and oxygen atoms in total. The number of methoxy groups -OCH3 is 1. The highest BCUT2D eigenvalue weighted by atomic mass is 19.1. The minimum absolute atomic E-state index is 0.323. The van der Waals surface area contributed by atoms with E-state index in [-0.39, 0.29) is 0 Å². The number of hydrogen-bond donors (Lipinski definition) is 1. The summed E-state index contributed by atoms with van der Waals surface area (Å²) in [7, 11) is 1.54. The van der Waals surface area contributed by atoms with Gasteiger partial charge in [-0.2, -0.15) is 0 Å². The second-order valence-corrected chi connectivity index (χ2v) is 3.43. The Bertz CT molecular complexity index is 567. The standard InChI is InChI=1S/C10H10FN3O3/c1-17-3-2-14-9-4-6(10(15)16)7(11)5-8(9)12-13-14/h4-5H,2-3H2,1H3,(H,15,16). The quantitative estimate of drug-likeness (QED) is 0.858. The Morgan fingerprint density at radius 2 is 2.35 bits per heavy atom. The van der Waals surface area contributed by atoms with Gasteiger partial charge in [0.2, 0.25) is 0 Å². The van der Waals surface area contributed by atoms with Crippen LogP contribution in [0.4, 0.5) is 4.39 Å². The molecule has 0 aliphatic carbocycles. The number of halogens is 1. The van der Waals surface area contributed by atoms with Crippen LogP contribution in [0.3, 0.4) is 0 Å². The number of fused-ring (bicyclic) bond motifs is 1. The maximum absolute atomic E-state index is 13.3. The summed E-state index contributed by atoms with van der Waals surface area (Å²) in [5, 5.41) is 16.4. The molecular formula is C10H10FN3O3. The molecule has 0 spiro atoms. The van der Waals surface area contributed by atoms with E-state index in [2.05, 4.69) is 10.3 Å². The van der Waals surface area contributed by atoms with Gasteiger partial charge in [0.15, 0.2) is 0 Å². The Labute approximate surface area is 95.6 Å². The van der Waals surface area contributed by atoms with E-state index in [1.165, 1.54) is 10.7 Å². The van der Waals surface area contributed by atoms with Crippen LogP contribution in [0.15, 0.2) is 12.1 Å². The third kappa shape index (κ3) is 2.09. The molecule has 0 saturated carbocycles. The van der Waals surface area contributed by atoms with Gasteiger partial charge in [-0.3, -0.25) is 0 Å². The molecular weight excluding hydrogens is 229 g/mol. The van der Waals surface area contributed by atoms with E-state index in [9.17, 15) is 9.18 Å². The van der Waals surface area contributed by atoms with Crippen LogP contribution in [0.25, 0.3) is 11.0 Å². The fraction of sp³-hybridized carbons (Fsp3) is 0.300. The van der Waals surface area contributed by atoms with Crippen molar-refractivity contribution in [2.45, 2.75) is 6.54 Å². The molecule has 1 heterocycles. The number of carboxylic acid groups (broad SMARTS) is 1. The van der Waals surface area contributed by atoms with Gasteiger partial charge in [0.05, 0.1) is 24.2 Å². The Morgan fingerprint density at radius 1 is 1.59 bits per heavy atom. The number of aromatic carboxylic acids is 1. The zero-order chi connectivity index (χ0) is 12.4. The van der Waals surface area contributed by atoms with Crippen LogP contribution in [0, 0.1) is 5.82 Å². The van der Waals surface area contributed by atoms with Gasteiger partial charge in [-0.05, 0) is 6.07 Å². The van der Waals surface area contributed by atoms with E-state index in [1.54, 1.807) is 7.11 Å². The fourth-order valence-corrected chi connectivity index (χ4v) is 1.50. The van der Waals surface area contributed by atoms with E-state index in [0.29, 0.717) is 24.2 Å². The van der Waals surface area contributed by atoms with Crippen molar-refractivity contribution in [3.05, 3.63) is 23.5 Å². The first kappa shape index (κ1) is 11.5. The molecule has 0 fully saturated rings. The topological polar surface area (TPSA) is 77.2 Å². The summed E-state index contributed by atoms with van der Waals surface area (Å²) in [6, 6.07) is 2.29. The molecule has 1 N–H and O–H groups in total. The number of nitrogens with zero attached hydrogens (tertiary/aromatic N) is 3. The van der Waals surface area contributed by atoms with Crippen molar-refractivity contribution < 1.29 is 19.0 Å². The summed E-state index contributed by atoms with van der Waals surface area (Å²) in [5.74, 6) is -2.13. The minimum atomic E-state index is -1.32. The van der Waals surface area contributed by atoms with Crippen LogP contribution in [-0.4, -0.2) is 39.8 Å². The van der Waals surface area contributed by atoms with Crippen LogP contribution >= 0.6 is 0 Å². The highest BCUT2D eigenvalue weighted by molar-refractivity contribution is 5.92. The molecule has 0 atom stereocenters. The van der Waals surface area contributed by atoms with Crippen molar-refractivity contribution in [1.29, 1.82) is 0 Å². The van der Waals surface area contributed by atoms with Gasteiger partial charge in [-0.25, -0.2) is 13.9 Å². The first-order valence-corrected chi connectivity index (χ1v) is 4.88. The zero-order valence-electron chi connectivity index (χ0n) is 9.05. The monoisotopic (exact) mass is 239 g/mol. The maximum atomic E-state index is 13.3. The van der Waals surface area contributed by atoms with Gasteiger partial charge < -0.3 is 9.84 Å². The van der Waals surface area contributed by atoms with Crippen LogP contribution in [0.5, 0.6) is 0 Å². The van der Waals surface area contributed by atoms with Crippen molar-refractivity contribution in [2.24, 2.45) is 0 Å². The van der Waals surface area contributed by atoms with Gasteiger partial charge in [-0.15, -0.1) is 5.10 Å². The van der Waals surface area contributed by atoms with Crippen molar-refractivity contribution in [2.75, 3.05) is 13.7 Å². The number of benzene rings is 1. The zero-order valence-corrected chi connectivity index (χ0v) is 9.05. The molecule has 2 aromatic rings. The van der Waals surface area contributed by atoms with E-state index in [0.717, 1.165) is 6.07 Å². The molecule has 0 unspecified atom stereocenters. The summed E-state index contributed by atoms with van der Waals surface area (Å²) < 4.78 is 19.7. The van der Waals surface area contributed by atoms with Gasteiger partial charge in [0.1, 0.15) is 11.3 Å². The summed E-state index contributed by atoms with van der Waals surface area (Å²) in [4.78, 5) is 10.8. The predicted molar refractivity (Wildman–Crippen MR) is 56.3 cm³/mol. The van der Waals surface area contributed by atoms with Crippen LogP contribution < -0.4 is 0 Å². The molecule has 0 aliphatic rings. The van der Waals surface area contributed by atoms with Crippen molar-refractivity contribution >= 4 is 17.0 Å². The fourth-order valence-electron chi connectivity index (χ4n) is 1.50. The number of carboxylic acids is 1. The summed E-state index contributed by atoms with van der Waals surface area (Å²) in [6.45, 7) is 0.843. The van der Waals surface area contributed by atoms with Gasteiger partial charge >= 0.3 is 5.97 Å². The van der Waals surface area contributed by atoms with Crippen molar-refractivity contribution in [3.8, 4) is 0 Å². The summed E-state index contributed by atoms with van der Waals surface area (Å²) in [5.41, 5.74) is 0.405. The first-order valence-electron chi connectivity index (χ1n) is 4.88. The van der Waals surface area contributed by atoms with Crippen molar-refractivity contribution in [1.82, 2.24) is 15.0 Å². The van der Waals surface area contributed by atoms with Gasteiger partial charge in [0.25, 0.3) is 0 Å². The average molecular weight is 239 g/mol. The minimum Gasteiger partial charge on any atom is -0.478 e. The summed E-state index contributed by atoms with van der Waals surface area (Å²) >= 11 is 0. The second kappa shape index (κ2) is 4.46. The lowest BCUT2D eigenvalue weighted by molar-refractivity contribution is 0.0692. The molecule has 0 radical (unpaired) electrons. The van der Waals surface area contributed by atoms with E-state index in [4.69, 9.17) is 9.84 Å². The molecule has 2 rings (SSSR count). The smallest absolute Gasteiger partial charge is 0.338 e. The lowest BCUT2D eigenvalue weighted by atomic mass is 10.2. The highest BCUT2D eigenvalue weighted by Crippen LogP contribution is 2.17. The average Bonchev–Trinajstić information content (AvgIpc) is 2.67. The van der Waals surface area contributed by atoms with Crippen LogP contribution in [-0.2, 0) is 11.3 Å². The number of ether oxygens (including phenoxy) is 1. The van der Waals surface area contributed by atoms with Gasteiger partial charge in [-0.1, -0.05) is 5.21 Å². The molecule has 90 valence electrons. The number of carbonyl (C=O) groups is 1. The Hall–Kier alpha value is -2.02. The largest absolute Gasteiger partial charge is 0.478 e. The molecule has 17 heavy (non-hydrogen) atoms. The molecule has 0 amide bonds. The third-order valence-electron chi connectivity index (χ3n) is 2.34. The molecule has 1 aromatic heterocycles. The number of rotatable bonds is 4. The highest BCUT2D eigenvalue weighted by Gasteiger charge is 2.15. The Balaban J connectivity index is 2.51. The summed E-state index contributed by atoms with van der Waals surface area (Å²) in [6.07, 6.45) is 0. The molecule has 0 aliphatic heterocycles. The predicted octanol–water partition coefficient (Wildman–Crippen LogP) is 0.915. The van der Waals surface area contributed by atoms with E-state index in [1.807, 2.05) is 0 Å². The van der Waals surface area contributed by atoms with Crippen LogP contribution in [0.1, 0.15) is 10.4 Å². The van der Waals surface area contributed by atoms with Crippen LogP contribution in [0.2, 0.25) is 0 Å². The molecule has 1 aromatic carbocycles. The third-order valence-corrected chi connectivity index (χ3v) is 2.34. The Morgan fingerprint density at radius 3 is 3.00 bits per heavy atom. The Kier molecular flexibility index (Phi) is 3.01. The lowest BCUT2D eigenvalue weighted by Gasteiger charge is -2.02. The van der Waals surface area contributed by atoms with Gasteiger partial charge in [0, 0.05) is 13.2 Å². The normalized spacial score (nSPS) is 10.9. The molecule has 7 heteroatoms. The van der Waals surface area contributed by atoms with E-state index >= 15 is 0 Å².